The lowest BCUT2D eigenvalue weighted by molar-refractivity contribution is 0.0740. The summed E-state index contributed by atoms with van der Waals surface area (Å²) in [5.41, 5.74) is 1.67. The predicted octanol–water partition coefficient (Wildman–Crippen LogP) is 3.51. The molecule has 0 atom stereocenters. The minimum atomic E-state index is -3.98. The smallest absolute Gasteiger partial charge is 0.301 e. The Morgan fingerprint density at radius 3 is 2.33 bits per heavy atom. The number of methoxy groups -OCH3 is 2. The van der Waals surface area contributed by atoms with Gasteiger partial charge in [0.2, 0.25) is 0 Å². The topological polar surface area (TPSA) is 127 Å². The molecule has 12 heteroatoms. The summed E-state index contributed by atoms with van der Waals surface area (Å²) < 4.78 is 38.6. The number of nitrogens with one attached hydrogen (secondary N) is 2. The Morgan fingerprint density at radius 1 is 1.08 bits per heavy atom. The second kappa shape index (κ2) is 12.6. The summed E-state index contributed by atoms with van der Waals surface area (Å²) in [7, 11) is 0.290. The highest BCUT2D eigenvalue weighted by molar-refractivity contribution is 7.88. The van der Waals surface area contributed by atoms with E-state index in [0.29, 0.717) is 35.0 Å². The lowest BCUT2D eigenvalue weighted by Crippen LogP contribution is -2.38. The highest BCUT2D eigenvalue weighted by Gasteiger charge is 2.33. The van der Waals surface area contributed by atoms with Gasteiger partial charge in [-0.05, 0) is 49.3 Å². The van der Waals surface area contributed by atoms with Gasteiger partial charge in [-0.2, -0.15) is 8.42 Å². The van der Waals surface area contributed by atoms with Gasteiger partial charge in [0.05, 0.1) is 20.8 Å². The number of aromatic nitrogens is 1. The molecule has 4 rings (SSSR count). The fourth-order valence-electron chi connectivity index (χ4n) is 4.10. The summed E-state index contributed by atoms with van der Waals surface area (Å²) in [5, 5.41) is 0.562. The maximum Gasteiger partial charge on any atom is 0.301 e. The van der Waals surface area contributed by atoms with Crippen molar-refractivity contribution in [3.63, 3.8) is 0 Å². The number of hydrogen-bond donors (Lipinski definition) is 2. The summed E-state index contributed by atoms with van der Waals surface area (Å²) in [6.07, 6.45) is 3.31. The minimum Gasteiger partial charge on any atom is -0.497 e. The van der Waals surface area contributed by atoms with Crippen molar-refractivity contribution in [2.75, 3.05) is 27.8 Å². The van der Waals surface area contributed by atoms with Gasteiger partial charge in [-0.3, -0.25) is 9.59 Å². The standard InChI is InChI=1S/C27H32N4O6S2/c1-28-39(34,35)30-26(32)24-25(19-11-12-19)38-23(29-24)17-31(13-7-10-18-8-5-4-6-9-18)27(33)20-14-21(36-2)16-22(15-20)37-3/h4-6,8-9,14-16,19,28H,7,10-13,17H2,1-3H3,(H,30,32). The Balaban J connectivity index is 1.61. The highest BCUT2D eigenvalue weighted by atomic mass is 32.2. The van der Waals surface area contributed by atoms with Gasteiger partial charge in [0, 0.05) is 30.1 Å². The third-order valence-corrected chi connectivity index (χ3v) is 8.50. The molecule has 208 valence electrons. The van der Waals surface area contributed by atoms with Crippen molar-refractivity contribution in [3.05, 3.63) is 75.2 Å². The van der Waals surface area contributed by atoms with Crippen molar-refractivity contribution in [1.82, 2.24) is 19.3 Å². The number of ether oxygens (including phenoxy) is 2. The first kappa shape index (κ1) is 28.5. The fraction of sp³-hybridized carbons (Fsp3) is 0.370. The van der Waals surface area contributed by atoms with Gasteiger partial charge < -0.3 is 14.4 Å². The van der Waals surface area contributed by atoms with Crippen LogP contribution in [0.1, 0.15) is 61.5 Å². The van der Waals surface area contributed by atoms with E-state index < -0.39 is 16.1 Å². The van der Waals surface area contributed by atoms with Gasteiger partial charge in [0.1, 0.15) is 22.2 Å². The molecule has 3 aromatic rings. The van der Waals surface area contributed by atoms with E-state index in [1.54, 1.807) is 23.1 Å². The Labute approximate surface area is 232 Å². The second-order valence-corrected chi connectivity index (χ2v) is 11.9. The molecule has 0 radical (unpaired) electrons. The number of rotatable bonds is 13. The number of nitrogens with zero attached hydrogens (tertiary/aromatic N) is 2. The molecule has 1 aromatic heterocycles. The molecule has 2 amide bonds. The fourth-order valence-corrected chi connectivity index (χ4v) is 5.79. The van der Waals surface area contributed by atoms with Gasteiger partial charge in [0.25, 0.3) is 11.8 Å². The third-order valence-electron chi connectivity index (χ3n) is 6.30. The summed E-state index contributed by atoms with van der Waals surface area (Å²) in [6, 6.07) is 15.0. The average Bonchev–Trinajstić information content (AvgIpc) is 3.71. The van der Waals surface area contributed by atoms with Crippen molar-refractivity contribution >= 4 is 33.4 Å². The van der Waals surface area contributed by atoms with E-state index in [1.807, 2.05) is 35.1 Å². The molecule has 39 heavy (non-hydrogen) atoms. The molecule has 2 aromatic carbocycles. The zero-order chi connectivity index (χ0) is 28.0. The van der Waals surface area contributed by atoms with Gasteiger partial charge in [-0.1, -0.05) is 30.3 Å². The molecule has 0 bridgehead atoms. The van der Waals surface area contributed by atoms with Gasteiger partial charge >= 0.3 is 10.2 Å². The number of hydrogen-bond acceptors (Lipinski definition) is 8. The van der Waals surface area contributed by atoms with E-state index in [9.17, 15) is 18.0 Å². The molecule has 2 N–H and O–H groups in total. The zero-order valence-electron chi connectivity index (χ0n) is 22.1. The molecule has 1 aliphatic rings. The van der Waals surface area contributed by atoms with Crippen molar-refractivity contribution < 1.29 is 27.5 Å². The van der Waals surface area contributed by atoms with Gasteiger partial charge in [-0.15, -0.1) is 11.3 Å². The van der Waals surface area contributed by atoms with Crippen molar-refractivity contribution in [2.24, 2.45) is 0 Å². The molecular weight excluding hydrogens is 540 g/mol. The Hall–Kier alpha value is -3.48. The summed E-state index contributed by atoms with van der Waals surface area (Å²) >= 11 is 1.35. The number of carbonyl (C=O) groups is 2. The van der Waals surface area contributed by atoms with Crippen LogP contribution in [0.3, 0.4) is 0 Å². The Bertz CT molecular complexity index is 1400. The molecule has 0 spiro atoms. The molecule has 10 nitrogen and oxygen atoms in total. The van der Waals surface area contributed by atoms with Crippen LogP contribution >= 0.6 is 11.3 Å². The van der Waals surface area contributed by atoms with Crippen LogP contribution in [0.2, 0.25) is 0 Å². The van der Waals surface area contributed by atoms with E-state index >= 15 is 0 Å². The number of benzene rings is 2. The first-order valence-corrected chi connectivity index (χ1v) is 14.8. The Kier molecular flexibility index (Phi) is 9.20. The number of amides is 2. The molecule has 0 saturated heterocycles. The second-order valence-electron chi connectivity index (χ2n) is 9.15. The summed E-state index contributed by atoms with van der Waals surface area (Å²) in [5.74, 6) is 0.147. The number of carbonyl (C=O) groups excluding carboxylic acids is 2. The van der Waals surface area contributed by atoms with Crippen molar-refractivity contribution in [3.8, 4) is 11.5 Å². The van der Waals surface area contributed by atoms with E-state index in [2.05, 4.69) is 9.71 Å². The van der Waals surface area contributed by atoms with Crippen LogP contribution in [-0.2, 0) is 23.2 Å². The summed E-state index contributed by atoms with van der Waals surface area (Å²) in [4.78, 5) is 33.5. The van der Waals surface area contributed by atoms with E-state index in [0.717, 1.165) is 24.1 Å². The SMILES string of the molecule is CNS(=O)(=O)NC(=O)c1nc(CN(CCCc2ccccc2)C(=O)c2cc(OC)cc(OC)c2)sc1C1CC1. The molecule has 0 aliphatic heterocycles. The number of aryl methyl sites for hydroxylation is 1. The molecule has 0 unspecified atom stereocenters. The van der Waals surface area contributed by atoms with Crippen LogP contribution in [0, 0.1) is 0 Å². The van der Waals surface area contributed by atoms with E-state index in [-0.39, 0.29) is 24.1 Å². The lowest BCUT2D eigenvalue weighted by Gasteiger charge is -2.22. The first-order chi connectivity index (χ1) is 18.7. The van der Waals surface area contributed by atoms with Crippen molar-refractivity contribution in [2.45, 2.75) is 38.1 Å². The zero-order valence-corrected chi connectivity index (χ0v) is 23.7. The molecule has 1 heterocycles. The average molecular weight is 573 g/mol. The van der Waals surface area contributed by atoms with Crippen LogP contribution in [0.4, 0.5) is 0 Å². The van der Waals surface area contributed by atoms with Crippen LogP contribution < -0.4 is 18.9 Å². The van der Waals surface area contributed by atoms with Crippen LogP contribution in [0.5, 0.6) is 11.5 Å². The predicted molar refractivity (Wildman–Crippen MR) is 149 cm³/mol. The quantitative estimate of drug-likeness (QED) is 0.321. The molecular formula is C27H32N4O6S2. The molecule has 1 aliphatic carbocycles. The normalized spacial score (nSPS) is 13.1. The minimum absolute atomic E-state index is 0.0936. The monoisotopic (exact) mass is 572 g/mol. The van der Waals surface area contributed by atoms with Crippen molar-refractivity contribution in [1.29, 1.82) is 0 Å². The third kappa shape index (κ3) is 7.55. The largest absolute Gasteiger partial charge is 0.497 e. The van der Waals surface area contributed by atoms with Gasteiger partial charge in [0.15, 0.2) is 0 Å². The first-order valence-electron chi connectivity index (χ1n) is 12.5. The molecule has 1 fully saturated rings. The van der Waals surface area contributed by atoms with Crippen LogP contribution in [0.15, 0.2) is 48.5 Å². The number of thiazole rings is 1. The Morgan fingerprint density at radius 2 is 1.74 bits per heavy atom. The highest BCUT2D eigenvalue weighted by Crippen LogP contribution is 2.44. The lowest BCUT2D eigenvalue weighted by atomic mass is 10.1. The maximum absolute atomic E-state index is 13.8. The van der Waals surface area contributed by atoms with Crippen LogP contribution in [-0.4, -0.2) is 57.9 Å². The maximum atomic E-state index is 13.8. The van der Waals surface area contributed by atoms with E-state index in [1.165, 1.54) is 38.2 Å². The van der Waals surface area contributed by atoms with Crippen LogP contribution in [0.25, 0.3) is 0 Å². The molecule has 1 saturated carbocycles. The van der Waals surface area contributed by atoms with Gasteiger partial charge in [-0.25, -0.2) is 14.4 Å². The summed E-state index contributed by atoms with van der Waals surface area (Å²) in [6.45, 7) is 0.616. The van der Waals surface area contributed by atoms with E-state index in [4.69, 9.17) is 9.47 Å².